The summed E-state index contributed by atoms with van der Waals surface area (Å²) in [5, 5.41) is 11.4. The van der Waals surface area contributed by atoms with Gasteiger partial charge in [-0.2, -0.15) is 0 Å². The molecule has 0 N–H and O–H groups in total. The maximum atomic E-state index is 2.54. The molecule has 7 aromatic rings. The Morgan fingerprint density at radius 1 is 0.500 bits per heavy atom. The van der Waals surface area contributed by atoms with Gasteiger partial charge in [-0.25, -0.2) is 0 Å². The van der Waals surface area contributed by atoms with Crippen LogP contribution in [0.4, 0.5) is 0 Å². The molecule has 6 aromatic carbocycles. The molecule has 0 saturated carbocycles. The van der Waals surface area contributed by atoms with Gasteiger partial charge < -0.3 is 4.57 Å². The minimum absolute atomic E-state index is 1.21. The highest BCUT2D eigenvalue weighted by molar-refractivity contribution is 7.05. The molecule has 1 aliphatic rings. The van der Waals surface area contributed by atoms with Gasteiger partial charge in [0.2, 0.25) is 0 Å². The zero-order valence-corrected chi connectivity index (χ0v) is 21.4. The number of para-hydroxylation sites is 2. The van der Waals surface area contributed by atoms with Gasteiger partial charge in [0.25, 0.3) is 0 Å². The summed E-state index contributed by atoms with van der Waals surface area (Å²) in [5.41, 5.74) is 6.66. The third-order valence-electron chi connectivity index (χ3n) is 8.33. The lowest BCUT2D eigenvalue weighted by atomic mass is 9.93. The Kier molecular flexibility index (Phi) is 3.89. The fourth-order valence-corrected chi connectivity index (χ4v) is 10.3. The molecule has 0 amide bonds. The Bertz CT molecular complexity index is 2010. The van der Waals surface area contributed by atoms with Crippen LogP contribution in [0.15, 0.2) is 115 Å². The summed E-state index contributed by atoms with van der Waals surface area (Å²) < 4.78 is 2.49. The molecule has 170 valence electrons. The van der Waals surface area contributed by atoms with Crippen LogP contribution in [0.3, 0.4) is 0 Å². The molecule has 8 rings (SSSR count). The highest BCUT2D eigenvalue weighted by Crippen LogP contribution is 2.44. The molecule has 36 heavy (non-hydrogen) atoms. The number of benzene rings is 6. The number of hydrogen-bond donors (Lipinski definition) is 0. The fourth-order valence-electron chi connectivity index (χ4n) is 6.88. The second-order valence-electron chi connectivity index (χ2n) is 10.5. The molecule has 0 aliphatic carbocycles. The molecule has 0 fully saturated rings. The van der Waals surface area contributed by atoms with Crippen LogP contribution in [0.25, 0.3) is 60.2 Å². The largest absolute Gasteiger partial charge is 0.309 e. The molecule has 0 bridgehead atoms. The van der Waals surface area contributed by atoms with Crippen molar-refractivity contribution in [2.75, 3.05) is 0 Å². The zero-order valence-electron chi connectivity index (χ0n) is 20.4. The lowest BCUT2D eigenvalue weighted by Gasteiger charge is -2.22. The minimum Gasteiger partial charge on any atom is -0.309 e. The fraction of sp³-hybridized carbons (Fsp3) is 0.0588. The predicted octanol–water partition coefficient (Wildman–Crippen LogP) is 7.89. The van der Waals surface area contributed by atoms with Gasteiger partial charge in [0, 0.05) is 21.8 Å². The maximum absolute atomic E-state index is 2.54. The molecule has 0 saturated heterocycles. The highest BCUT2D eigenvalue weighted by Gasteiger charge is 2.39. The molecule has 2 heterocycles. The zero-order chi connectivity index (χ0) is 24.0. The Hall–Kier alpha value is -4.14. The third kappa shape index (κ3) is 2.40. The van der Waals surface area contributed by atoms with Gasteiger partial charge in [-0.05, 0) is 55.9 Å². The second-order valence-corrected chi connectivity index (χ2v) is 14.8. The molecular formula is C34H25NSi. The van der Waals surface area contributed by atoms with Crippen LogP contribution in [-0.2, 0) is 0 Å². The molecule has 0 atom stereocenters. The summed E-state index contributed by atoms with van der Waals surface area (Å²) in [6.07, 6.45) is 0. The predicted molar refractivity (Wildman–Crippen MR) is 158 cm³/mol. The first-order valence-electron chi connectivity index (χ1n) is 12.7. The maximum Gasteiger partial charge on any atom is 0.114 e. The SMILES string of the molecule is C[Si]1(C)c2ccccc2-c2ccc3c4ccccc4c4c(c5ccccc5n4-c4ccccc4)c3c21. The quantitative estimate of drug-likeness (QED) is 0.168. The van der Waals surface area contributed by atoms with Crippen molar-refractivity contribution >= 4 is 61.8 Å². The first-order valence-corrected chi connectivity index (χ1v) is 15.7. The third-order valence-corrected chi connectivity index (χ3v) is 11.9. The molecule has 1 nitrogen and oxygen atoms in total. The van der Waals surface area contributed by atoms with Crippen molar-refractivity contribution in [3.05, 3.63) is 115 Å². The van der Waals surface area contributed by atoms with Crippen molar-refractivity contribution in [3.63, 3.8) is 0 Å². The standard InChI is InChI=1S/C34H25NSi/c1-36(2)30-19-11-9-15-24(30)27-21-20-25-23-14-6-7-16-26(23)33-31(32(25)34(27)36)28-17-8-10-18-29(28)35(33)22-12-4-3-5-13-22/h3-21H,1-2H3. The van der Waals surface area contributed by atoms with Crippen molar-refractivity contribution in [1.29, 1.82) is 0 Å². The number of rotatable bonds is 1. The first-order chi connectivity index (χ1) is 17.7. The van der Waals surface area contributed by atoms with E-state index in [2.05, 4.69) is 133 Å². The Morgan fingerprint density at radius 2 is 1.17 bits per heavy atom. The van der Waals surface area contributed by atoms with E-state index in [1.165, 1.54) is 60.2 Å². The van der Waals surface area contributed by atoms with Crippen LogP contribution in [-0.4, -0.2) is 12.6 Å². The van der Waals surface area contributed by atoms with E-state index in [1.807, 2.05) is 0 Å². The monoisotopic (exact) mass is 475 g/mol. The average Bonchev–Trinajstić information content (AvgIpc) is 3.39. The Morgan fingerprint density at radius 3 is 2.00 bits per heavy atom. The van der Waals surface area contributed by atoms with Crippen LogP contribution in [0.2, 0.25) is 13.1 Å². The van der Waals surface area contributed by atoms with E-state index < -0.39 is 8.07 Å². The van der Waals surface area contributed by atoms with Crippen LogP contribution in [0, 0.1) is 0 Å². The van der Waals surface area contributed by atoms with Crippen LogP contribution >= 0.6 is 0 Å². The number of hydrogen-bond acceptors (Lipinski definition) is 0. The highest BCUT2D eigenvalue weighted by atomic mass is 28.3. The van der Waals surface area contributed by atoms with Crippen LogP contribution in [0.5, 0.6) is 0 Å². The van der Waals surface area contributed by atoms with Gasteiger partial charge in [-0.3, -0.25) is 0 Å². The van der Waals surface area contributed by atoms with Gasteiger partial charge in [-0.1, -0.05) is 110 Å². The summed E-state index contributed by atoms with van der Waals surface area (Å²) in [6.45, 7) is 5.07. The molecule has 0 unspecified atom stereocenters. The normalized spacial score (nSPS) is 14.1. The van der Waals surface area contributed by atoms with E-state index in [1.54, 1.807) is 10.4 Å². The van der Waals surface area contributed by atoms with Crippen molar-refractivity contribution < 1.29 is 0 Å². The van der Waals surface area contributed by atoms with E-state index in [-0.39, 0.29) is 0 Å². The lowest BCUT2D eigenvalue weighted by molar-refractivity contribution is 1.19. The number of nitrogens with zero attached hydrogens (tertiary/aromatic N) is 1. The van der Waals surface area contributed by atoms with Gasteiger partial charge in [0.15, 0.2) is 0 Å². The second kappa shape index (κ2) is 6.96. The van der Waals surface area contributed by atoms with Gasteiger partial charge in [0.05, 0.1) is 11.0 Å². The summed E-state index contributed by atoms with van der Waals surface area (Å²) >= 11 is 0. The molecule has 1 aliphatic heterocycles. The molecule has 1 aromatic heterocycles. The van der Waals surface area contributed by atoms with Crippen molar-refractivity contribution in [3.8, 4) is 16.8 Å². The van der Waals surface area contributed by atoms with E-state index in [0.717, 1.165) is 0 Å². The van der Waals surface area contributed by atoms with Crippen LogP contribution < -0.4 is 10.4 Å². The van der Waals surface area contributed by atoms with E-state index in [9.17, 15) is 0 Å². The minimum atomic E-state index is -1.92. The lowest BCUT2D eigenvalue weighted by Crippen LogP contribution is -2.49. The van der Waals surface area contributed by atoms with Gasteiger partial charge in [-0.15, -0.1) is 0 Å². The Labute approximate surface area is 211 Å². The van der Waals surface area contributed by atoms with Crippen molar-refractivity contribution in [1.82, 2.24) is 4.57 Å². The van der Waals surface area contributed by atoms with E-state index >= 15 is 0 Å². The molecular weight excluding hydrogens is 450 g/mol. The van der Waals surface area contributed by atoms with Crippen LogP contribution in [0.1, 0.15) is 0 Å². The topological polar surface area (TPSA) is 4.93 Å². The van der Waals surface area contributed by atoms with Gasteiger partial charge in [0.1, 0.15) is 8.07 Å². The molecule has 0 radical (unpaired) electrons. The summed E-state index contributed by atoms with van der Waals surface area (Å²) in [6, 6.07) is 42.7. The summed E-state index contributed by atoms with van der Waals surface area (Å²) in [4.78, 5) is 0. The van der Waals surface area contributed by atoms with E-state index in [4.69, 9.17) is 0 Å². The van der Waals surface area contributed by atoms with E-state index in [0.29, 0.717) is 0 Å². The smallest absolute Gasteiger partial charge is 0.114 e. The number of aromatic nitrogens is 1. The molecule has 0 spiro atoms. The first kappa shape index (κ1) is 20.1. The van der Waals surface area contributed by atoms with Crippen molar-refractivity contribution in [2.45, 2.75) is 13.1 Å². The summed E-state index contributed by atoms with van der Waals surface area (Å²) in [7, 11) is -1.92. The average molecular weight is 476 g/mol. The number of fused-ring (bicyclic) bond motifs is 12. The van der Waals surface area contributed by atoms with Crippen molar-refractivity contribution in [2.24, 2.45) is 0 Å². The summed E-state index contributed by atoms with van der Waals surface area (Å²) in [5.74, 6) is 0. The Balaban J connectivity index is 1.72. The molecule has 2 heteroatoms. The van der Waals surface area contributed by atoms with Gasteiger partial charge >= 0.3 is 0 Å².